The fraction of sp³-hybridized carbons (Fsp3) is 0.700. The van der Waals surface area contributed by atoms with E-state index in [-0.39, 0.29) is 11.7 Å². The van der Waals surface area contributed by atoms with Gasteiger partial charge in [0.15, 0.2) is 0 Å². The van der Waals surface area contributed by atoms with Gasteiger partial charge in [0.2, 0.25) is 0 Å². The lowest BCUT2D eigenvalue weighted by Crippen LogP contribution is -2.35. The molecule has 0 bridgehead atoms. The average molecular weight is 216 g/mol. The zero-order valence-electron chi connectivity index (χ0n) is 9.29. The van der Waals surface area contributed by atoms with E-state index in [0.717, 1.165) is 12.5 Å². The fourth-order valence-electron chi connectivity index (χ4n) is 1.26. The quantitative estimate of drug-likeness (QED) is 0.367. The molecule has 0 aliphatic rings. The molecule has 0 radical (unpaired) electrons. The van der Waals surface area contributed by atoms with E-state index in [1.54, 1.807) is 7.11 Å². The van der Waals surface area contributed by atoms with Gasteiger partial charge in [-0.3, -0.25) is 0 Å². The van der Waals surface area contributed by atoms with Gasteiger partial charge in [0.1, 0.15) is 8.80 Å². The zero-order valence-corrected chi connectivity index (χ0v) is 10.4. The Morgan fingerprint density at radius 3 is 2.71 bits per heavy atom. The molecule has 0 saturated heterocycles. The molecule has 0 saturated carbocycles. The van der Waals surface area contributed by atoms with Gasteiger partial charge >= 0.3 is 5.97 Å². The summed E-state index contributed by atoms with van der Waals surface area (Å²) >= 11 is 0. The Morgan fingerprint density at radius 1 is 1.64 bits per heavy atom. The molecular weight excluding hydrogens is 196 g/mol. The fourth-order valence-corrected chi connectivity index (χ4v) is 3.68. The second-order valence-electron chi connectivity index (χ2n) is 3.32. The van der Waals surface area contributed by atoms with Crippen LogP contribution in [0.1, 0.15) is 20.3 Å². The number of carbonyl (C=O) groups excluding carboxylic acids is 1. The van der Waals surface area contributed by atoms with Crippen molar-refractivity contribution in [3.05, 3.63) is 12.7 Å². The van der Waals surface area contributed by atoms with E-state index in [0.29, 0.717) is 6.23 Å². The molecule has 0 aliphatic heterocycles. The molecule has 0 aromatic rings. The second-order valence-corrected chi connectivity index (χ2v) is 6.69. The van der Waals surface area contributed by atoms with Crippen LogP contribution in [0.5, 0.6) is 0 Å². The highest BCUT2D eigenvalue weighted by atomic mass is 28.3. The average Bonchev–Trinajstić information content (AvgIpc) is 2.22. The van der Waals surface area contributed by atoms with Crippen molar-refractivity contribution in [2.45, 2.75) is 32.0 Å². The minimum Gasteiger partial charge on any atom is -0.467 e. The molecule has 0 spiro atoms. The molecule has 2 unspecified atom stereocenters. The minimum atomic E-state index is -1.11. The van der Waals surface area contributed by atoms with Crippen LogP contribution in [0.15, 0.2) is 12.7 Å². The predicted octanol–water partition coefficient (Wildman–Crippen LogP) is 1.47. The van der Waals surface area contributed by atoms with Crippen molar-refractivity contribution in [3.63, 3.8) is 0 Å². The standard InChI is InChI=1S/C10H20O3Si/c1-5-7-14(9(3)12-4)8-13-10(11)6-2/h6,9,14H,2,5,7-8H2,1,3-4H3. The topological polar surface area (TPSA) is 35.5 Å². The van der Waals surface area contributed by atoms with Gasteiger partial charge in [-0.1, -0.05) is 26.0 Å². The molecule has 0 aromatic carbocycles. The number of methoxy groups -OCH3 is 1. The Morgan fingerprint density at radius 2 is 2.29 bits per heavy atom. The van der Waals surface area contributed by atoms with E-state index >= 15 is 0 Å². The largest absolute Gasteiger partial charge is 0.467 e. The SMILES string of the molecule is C=CC(=O)OC[SiH](CCC)C(C)OC. The zero-order chi connectivity index (χ0) is 11.0. The molecule has 14 heavy (non-hydrogen) atoms. The number of hydrogen-bond acceptors (Lipinski definition) is 3. The summed E-state index contributed by atoms with van der Waals surface area (Å²) < 4.78 is 10.3. The first-order chi connectivity index (χ1) is 6.65. The third-order valence-corrected chi connectivity index (χ3v) is 5.82. The van der Waals surface area contributed by atoms with E-state index in [1.165, 1.54) is 6.08 Å². The first-order valence-corrected chi connectivity index (χ1v) is 7.27. The number of ether oxygens (including phenoxy) is 2. The molecule has 0 heterocycles. The van der Waals surface area contributed by atoms with Crippen molar-refractivity contribution in [3.8, 4) is 0 Å². The monoisotopic (exact) mass is 216 g/mol. The molecule has 0 aliphatic carbocycles. The van der Waals surface area contributed by atoms with Gasteiger partial charge < -0.3 is 9.47 Å². The first-order valence-electron chi connectivity index (χ1n) is 4.97. The highest BCUT2D eigenvalue weighted by Crippen LogP contribution is 2.06. The summed E-state index contributed by atoms with van der Waals surface area (Å²) in [4.78, 5) is 10.9. The van der Waals surface area contributed by atoms with Gasteiger partial charge in [-0.15, -0.1) is 0 Å². The minimum absolute atomic E-state index is 0.257. The van der Waals surface area contributed by atoms with Crippen molar-refractivity contribution in [1.29, 1.82) is 0 Å². The normalized spacial score (nSPS) is 14.5. The van der Waals surface area contributed by atoms with Gasteiger partial charge in [0.05, 0.1) is 6.23 Å². The van der Waals surface area contributed by atoms with Gasteiger partial charge in [-0.2, -0.15) is 0 Å². The predicted molar refractivity (Wildman–Crippen MR) is 59.9 cm³/mol. The number of rotatable bonds is 7. The van der Waals surface area contributed by atoms with E-state index in [4.69, 9.17) is 9.47 Å². The van der Waals surface area contributed by atoms with Gasteiger partial charge in [0.25, 0.3) is 0 Å². The first kappa shape index (κ1) is 13.4. The Balaban J connectivity index is 3.95. The van der Waals surface area contributed by atoms with Gasteiger partial charge in [-0.25, -0.2) is 4.79 Å². The molecule has 2 atom stereocenters. The summed E-state index contributed by atoms with van der Waals surface area (Å²) in [6.45, 7) is 7.55. The van der Waals surface area contributed by atoms with Crippen molar-refractivity contribution >= 4 is 14.8 Å². The maximum absolute atomic E-state index is 10.9. The summed E-state index contributed by atoms with van der Waals surface area (Å²) in [5, 5.41) is 0. The van der Waals surface area contributed by atoms with Crippen LogP contribution >= 0.6 is 0 Å². The van der Waals surface area contributed by atoms with Crippen LogP contribution in [0.2, 0.25) is 6.04 Å². The Kier molecular flexibility index (Phi) is 7.42. The van der Waals surface area contributed by atoms with Crippen LogP contribution in [0.3, 0.4) is 0 Å². The highest BCUT2D eigenvalue weighted by molar-refractivity contribution is 6.60. The van der Waals surface area contributed by atoms with Crippen LogP contribution < -0.4 is 0 Å². The third-order valence-electron chi connectivity index (χ3n) is 2.30. The maximum atomic E-state index is 10.9. The summed E-state index contributed by atoms with van der Waals surface area (Å²) in [7, 11) is 0.593. The molecule has 0 amide bonds. The summed E-state index contributed by atoms with van der Waals surface area (Å²) in [6.07, 6.45) is 2.87. The molecule has 0 aromatic heterocycles. The van der Waals surface area contributed by atoms with Gasteiger partial charge in [-0.05, 0) is 6.92 Å². The van der Waals surface area contributed by atoms with Crippen LogP contribution in [0.25, 0.3) is 0 Å². The van der Waals surface area contributed by atoms with Crippen LogP contribution in [-0.4, -0.2) is 33.8 Å². The van der Waals surface area contributed by atoms with E-state index < -0.39 is 8.80 Å². The lowest BCUT2D eigenvalue weighted by atomic mass is 10.6. The van der Waals surface area contributed by atoms with Crippen molar-refractivity contribution in [1.82, 2.24) is 0 Å². The van der Waals surface area contributed by atoms with Crippen LogP contribution in [0.4, 0.5) is 0 Å². The molecule has 0 fully saturated rings. The second kappa shape index (κ2) is 7.76. The number of esters is 1. The van der Waals surface area contributed by atoms with Crippen molar-refractivity contribution in [2.24, 2.45) is 0 Å². The Hall–Kier alpha value is -0.613. The molecule has 0 rings (SSSR count). The lowest BCUT2D eigenvalue weighted by molar-refractivity contribution is -0.136. The molecule has 3 nitrogen and oxygen atoms in total. The van der Waals surface area contributed by atoms with Crippen LogP contribution in [0, 0.1) is 0 Å². The summed E-state index contributed by atoms with van der Waals surface area (Å²) in [5.41, 5.74) is 0.257. The summed E-state index contributed by atoms with van der Waals surface area (Å²) in [5.74, 6) is -0.332. The number of hydrogen-bond donors (Lipinski definition) is 0. The van der Waals surface area contributed by atoms with Crippen molar-refractivity contribution < 1.29 is 14.3 Å². The van der Waals surface area contributed by atoms with E-state index in [2.05, 4.69) is 13.5 Å². The smallest absolute Gasteiger partial charge is 0.329 e. The van der Waals surface area contributed by atoms with Gasteiger partial charge in [0, 0.05) is 18.9 Å². The molecule has 4 heteroatoms. The number of carbonyl (C=O) groups is 1. The molecular formula is C10H20O3Si. The van der Waals surface area contributed by atoms with Crippen LogP contribution in [-0.2, 0) is 14.3 Å². The van der Waals surface area contributed by atoms with E-state index in [1.807, 2.05) is 6.92 Å². The third kappa shape index (κ3) is 5.19. The van der Waals surface area contributed by atoms with Crippen molar-refractivity contribution in [2.75, 3.05) is 13.3 Å². The Labute approximate surface area is 87.7 Å². The maximum Gasteiger partial charge on any atom is 0.329 e. The van der Waals surface area contributed by atoms with E-state index in [9.17, 15) is 4.79 Å². The molecule has 82 valence electrons. The highest BCUT2D eigenvalue weighted by Gasteiger charge is 2.19. The lowest BCUT2D eigenvalue weighted by Gasteiger charge is -2.20. The summed E-state index contributed by atoms with van der Waals surface area (Å²) in [6, 6.07) is 1.14. The Bertz CT molecular complexity index is 182. The molecule has 0 N–H and O–H groups in total.